The van der Waals surface area contributed by atoms with Gasteiger partial charge in [-0.25, -0.2) is 4.79 Å². The van der Waals surface area contributed by atoms with Crippen LogP contribution in [0, 0.1) is 0 Å². The molecule has 0 unspecified atom stereocenters. The largest absolute Gasteiger partial charge is 0.344 e. The predicted molar refractivity (Wildman–Crippen MR) is 58.4 cm³/mol. The lowest BCUT2D eigenvalue weighted by atomic mass is 10.2. The van der Waals surface area contributed by atoms with E-state index in [9.17, 15) is 4.79 Å². The Hall–Kier alpha value is -1.55. The highest BCUT2D eigenvalue weighted by molar-refractivity contribution is 5.77. The molecule has 0 radical (unpaired) electrons. The number of carbonyl (C=O) groups excluding carboxylic acids is 1. The Bertz CT molecular complexity index is 393. The smallest absolute Gasteiger partial charge is 0.321 e. The van der Waals surface area contributed by atoms with E-state index in [1.54, 1.807) is 0 Å². The molecule has 0 spiro atoms. The van der Waals surface area contributed by atoms with Gasteiger partial charge in [-0.05, 0) is 12.0 Å². The van der Waals surface area contributed by atoms with E-state index in [4.69, 9.17) is 4.84 Å². The Morgan fingerprint density at radius 3 is 2.81 bits per heavy atom. The van der Waals surface area contributed by atoms with Crippen LogP contribution in [0.5, 0.6) is 0 Å². The van der Waals surface area contributed by atoms with E-state index in [1.165, 1.54) is 5.06 Å². The number of benzene rings is 1. The summed E-state index contributed by atoms with van der Waals surface area (Å²) >= 11 is 0. The monoisotopic (exact) mass is 218 g/mol. The average Bonchev–Trinajstić information content (AvgIpc) is 2.89. The molecule has 1 aromatic rings. The summed E-state index contributed by atoms with van der Waals surface area (Å²) in [6.07, 6.45) is 1.03. The summed E-state index contributed by atoms with van der Waals surface area (Å²) in [6, 6.07) is 10.2. The van der Waals surface area contributed by atoms with Crippen molar-refractivity contribution in [3.8, 4) is 0 Å². The Labute approximate surface area is 94.4 Å². The Morgan fingerprint density at radius 1 is 1.31 bits per heavy atom. The standard InChI is InChI=1S/C12H14N2O2/c15-12-13-7-6-11(8-13)14(12)16-9-10-4-2-1-3-5-10/h1-5,11H,6-9H2/t11-/m1/s1. The molecule has 2 aliphatic rings. The average molecular weight is 218 g/mol. The van der Waals surface area contributed by atoms with Gasteiger partial charge in [0, 0.05) is 13.1 Å². The van der Waals surface area contributed by atoms with Gasteiger partial charge in [-0.3, -0.25) is 4.84 Å². The van der Waals surface area contributed by atoms with Gasteiger partial charge >= 0.3 is 6.03 Å². The van der Waals surface area contributed by atoms with E-state index in [1.807, 2.05) is 35.2 Å². The summed E-state index contributed by atoms with van der Waals surface area (Å²) in [4.78, 5) is 19.1. The molecule has 0 aliphatic carbocycles. The van der Waals surface area contributed by atoms with Crippen molar-refractivity contribution < 1.29 is 9.63 Å². The Balaban J connectivity index is 1.62. The van der Waals surface area contributed by atoms with Crippen LogP contribution >= 0.6 is 0 Å². The lowest BCUT2D eigenvalue weighted by molar-refractivity contribution is -0.145. The molecule has 0 N–H and O–H groups in total. The predicted octanol–water partition coefficient (Wildman–Crippen LogP) is 1.63. The number of nitrogens with zero attached hydrogens (tertiary/aromatic N) is 2. The van der Waals surface area contributed by atoms with Crippen LogP contribution in [0.4, 0.5) is 4.79 Å². The van der Waals surface area contributed by atoms with Gasteiger partial charge in [-0.15, -0.1) is 0 Å². The third-order valence-electron chi connectivity index (χ3n) is 3.17. The van der Waals surface area contributed by atoms with E-state index >= 15 is 0 Å². The van der Waals surface area contributed by atoms with Crippen LogP contribution in [0.2, 0.25) is 0 Å². The van der Waals surface area contributed by atoms with Crippen LogP contribution in [0.3, 0.4) is 0 Å². The Morgan fingerprint density at radius 2 is 2.12 bits per heavy atom. The van der Waals surface area contributed by atoms with Crippen molar-refractivity contribution in [1.29, 1.82) is 0 Å². The van der Waals surface area contributed by atoms with Gasteiger partial charge in [0.15, 0.2) is 0 Å². The first kappa shape index (κ1) is 9.66. The van der Waals surface area contributed by atoms with E-state index in [0.717, 1.165) is 25.1 Å². The minimum Gasteiger partial charge on any atom is -0.321 e. The summed E-state index contributed by atoms with van der Waals surface area (Å²) in [6.45, 7) is 2.18. The maximum absolute atomic E-state index is 11.7. The van der Waals surface area contributed by atoms with Crippen LogP contribution < -0.4 is 0 Å². The topological polar surface area (TPSA) is 32.8 Å². The number of hydrogen-bond acceptors (Lipinski definition) is 2. The lowest BCUT2D eigenvalue weighted by Gasteiger charge is -2.25. The molecule has 3 rings (SSSR count). The van der Waals surface area contributed by atoms with Crippen LogP contribution in [-0.4, -0.2) is 35.1 Å². The maximum atomic E-state index is 11.7. The molecular weight excluding hydrogens is 204 g/mol. The van der Waals surface area contributed by atoms with Gasteiger partial charge in [0.1, 0.15) is 6.61 Å². The molecule has 2 fully saturated rings. The highest BCUT2D eigenvalue weighted by atomic mass is 16.7. The van der Waals surface area contributed by atoms with E-state index in [0.29, 0.717) is 6.61 Å². The van der Waals surface area contributed by atoms with Crippen LogP contribution in [0.15, 0.2) is 30.3 Å². The van der Waals surface area contributed by atoms with Gasteiger partial charge in [0.2, 0.25) is 0 Å². The summed E-state index contributed by atoms with van der Waals surface area (Å²) in [7, 11) is 0. The van der Waals surface area contributed by atoms with Gasteiger partial charge in [0.25, 0.3) is 0 Å². The molecule has 2 saturated heterocycles. The van der Waals surface area contributed by atoms with Crippen molar-refractivity contribution in [2.75, 3.05) is 13.1 Å². The summed E-state index contributed by atoms with van der Waals surface area (Å²) in [5.41, 5.74) is 1.09. The van der Waals surface area contributed by atoms with Gasteiger partial charge in [0.05, 0.1) is 6.04 Å². The molecule has 84 valence electrons. The molecule has 2 heterocycles. The van der Waals surface area contributed by atoms with Gasteiger partial charge in [-0.2, -0.15) is 5.06 Å². The zero-order chi connectivity index (χ0) is 11.0. The third kappa shape index (κ3) is 1.55. The van der Waals surface area contributed by atoms with E-state index in [2.05, 4.69) is 0 Å². The van der Waals surface area contributed by atoms with Crippen molar-refractivity contribution in [3.05, 3.63) is 35.9 Å². The minimum absolute atomic E-state index is 0.0205. The number of carbonyl (C=O) groups is 1. The van der Waals surface area contributed by atoms with Crippen LogP contribution in [0.25, 0.3) is 0 Å². The normalized spacial score (nSPS) is 23.2. The molecule has 2 aliphatic heterocycles. The second kappa shape index (κ2) is 3.79. The van der Waals surface area contributed by atoms with Crippen molar-refractivity contribution >= 4 is 6.03 Å². The van der Waals surface area contributed by atoms with E-state index < -0.39 is 0 Å². The van der Waals surface area contributed by atoms with Crippen molar-refractivity contribution in [3.63, 3.8) is 0 Å². The molecule has 0 saturated carbocycles. The molecular formula is C12H14N2O2. The first-order chi connectivity index (χ1) is 7.84. The fourth-order valence-electron chi connectivity index (χ4n) is 2.28. The number of rotatable bonds is 3. The molecule has 2 bridgehead atoms. The zero-order valence-electron chi connectivity index (χ0n) is 9.00. The number of hydrogen-bond donors (Lipinski definition) is 0. The van der Waals surface area contributed by atoms with Crippen LogP contribution in [0.1, 0.15) is 12.0 Å². The van der Waals surface area contributed by atoms with Crippen molar-refractivity contribution in [2.24, 2.45) is 0 Å². The second-order valence-corrected chi connectivity index (χ2v) is 4.26. The quantitative estimate of drug-likeness (QED) is 0.772. The minimum atomic E-state index is 0.0205. The molecule has 1 atom stereocenters. The Kier molecular flexibility index (Phi) is 2.29. The molecule has 4 heteroatoms. The second-order valence-electron chi connectivity index (χ2n) is 4.26. The SMILES string of the molecule is O=C1N2CC[C@H](C2)N1OCc1ccccc1. The highest BCUT2D eigenvalue weighted by Gasteiger charge is 2.43. The molecule has 4 nitrogen and oxygen atoms in total. The first-order valence-electron chi connectivity index (χ1n) is 5.59. The zero-order valence-corrected chi connectivity index (χ0v) is 9.00. The maximum Gasteiger partial charge on any atom is 0.344 e. The van der Waals surface area contributed by atoms with Crippen LogP contribution in [-0.2, 0) is 11.4 Å². The summed E-state index contributed by atoms with van der Waals surface area (Å²) in [5.74, 6) is 0. The summed E-state index contributed by atoms with van der Waals surface area (Å²) < 4.78 is 0. The molecule has 1 aromatic carbocycles. The molecule has 16 heavy (non-hydrogen) atoms. The summed E-state index contributed by atoms with van der Waals surface area (Å²) in [5, 5.41) is 1.54. The highest BCUT2D eigenvalue weighted by Crippen LogP contribution is 2.26. The van der Waals surface area contributed by atoms with Gasteiger partial charge in [-0.1, -0.05) is 30.3 Å². The lowest BCUT2D eigenvalue weighted by Crippen LogP contribution is -2.40. The number of urea groups is 1. The van der Waals surface area contributed by atoms with Crippen molar-refractivity contribution in [2.45, 2.75) is 19.1 Å². The number of hydroxylamine groups is 2. The number of fused-ring (bicyclic) bond motifs is 2. The molecule has 0 aromatic heterocycles. The van der Waals surface area contributed by atoms with Crippen molar-refractivity contribution in [1.82, 2.24) is 9.96 Å². The number of amides is 2. The van der Waals surface area contributed by atoms with E-state index in [-0.39, 0.29) is 12.1 Å². The third-order valence-corrected chi connectivity index (χ3v) is 3.17. The fourth-order valence-corrected chi connectivity index (χ4v) is 2.28. The fraction of sp³-hybridized carbons (Fsp3) is 0.417. The molecule has 2 amide bonds. The first-order valence-corrected chi connectivity index (χ1v) is 5.59. The van der Waals surface area contributed by atoms with Gasteiger partial charge < -0.3 is 4.90 Å².